The van der Waals surface area contributed by atoms with Gasteiger partial charge in [0.25, 0.3) is 0 Å². The van der Waals surface area contributed by atoms with Crippen LogP contribution < -0.4 is 15.5 Å². The molecule has 7 nitrogen and oxygen atoms in total. The van der Waals surface area contributed by atoms with E-state index in [1.807, 2.05) is 32.0 Å². The fourth-order valence-corrected chi connectivity index (χ4v) is 2.36. The highest BCUT2D eigenvalue weighted by molar-refractivity contribution is 5.91. The Hall–Kier alpha value is -3.35. The highest BCUT2D eigenvalue weighted by Gasteiger charge is 2.06. The summed E-state index contributed by atoms with van der Waals surface area (Å²) < 4.78 is 10.3. The maximum atomic E-state index is 11.9. The zero-order valence-electron chi connectivity index (χ0n) is 16.5. The maximum Gasteiger partial charge on any atom is 0.344 e. The molecule has 0 radical (unpaired) electrons. The Balaban J connectivity index is 1.80. The van der Waals surface area contributed by atoms with E-state index >= 15 is 0 Å². The highest BCUT2D eigenvalue weighted by Crippen LogP contribution is 2.15. The van der Waals surface area contributed by atoms with Gasteiger partial charge in [0.05, 0.1) is 12.3 Å². The molecule has 28 heavy (non-hydrogen) atoms. The van der Waals surface area contributed by atoms with Crippen LogP contribution in [0.4, 0.5) is 10.5 Å². The number of nitrogens with one attached hydrogen (secondary N) is 2. The van der Waals surface area contributed by atoms with Gasteiger partial charge >= 0.3 is 12.0 Å². The number of carbonyl (C=O) groups is 2. The number of hydrogen-bond donors (Lipinski definition) is 2. The van der Waals surface area contributed by atoms with E-state index < -0.39 is 12.0 Å². The number of aryl methyl sites for hydroxylation is 2. The molecule has 0 spiro atoms. The SMILES string of the molecule is Cc1ccc(NC(=O)N/N=C/c2ccc(OCC(=O)OC(C)C)cc2)c(C)c1. The van der Waals surface area contributed by atoms with Crippen molar-refractivity contribution in [2.45, 2.75) is 33.8 Å². The standard InChI is InChI=1S/C21H25N3O4/c1-14(2)28-20(25)13-27-18-8-6-17(7-9-18)12-22-24-21(26)23-19-10-5-15(3)11-16(19)4/h5-12,14H,13H2,1-4H3,(H2,23,24,26)/b22-12+. The third-order valence-electron chi connectivity index (χ3n) is 3.61. The van der Waals surface area contributed by atoms with Crippen molar-refractivity contribution in [3.05, 3.63) is 59.2 Å². The second-order valence-corrected chi connectivity index (χ2v) is 6.54. The van der Waals surface area contributed by atoms with Gasteiger partial charge in [-0.15, -0.1) is 0 Å². The van der Waals surface area contributed by atoms with Crippen LogP contribution in [0.25, 0.3) is 0 Å². The average Bonchev–Trinajstić information content (AvgIpc) is 2.63. The topological polar surface area (TPSA) is 89.0 Å². The molecular weight excluding hydrogens is 358 g/mol. The fourth-order valence-electron chi connectivity index (χ4n) is 2.36. The van der Waals surface area contributed by atoms with Crippen LogP contribution in [0.5, 0.6) is 5.75 Å². The summed E-state index contributed by atoms with van der Waals surface area (Å²) in [5, 5.41) is 6.67. The Morgan fingerprint density at radius 3 is 2.46 bits per heavy atom. The van der Waals surface area contributed by atoms with Gasteiger partial charge in [-0.25, -0.2) is 15.0 Å². The Morgan fingerprint density at radius 2 is 1.82 bits per heavy atom. The molecule has 0 saturated heterocycles. The molecule has 0 bridgehead atoms. The van der Waals surface area contributed by atoms with Crippen LogP contribution in [-0.4, -0.2) is 30.9 Å². The van der Waals surface area contributed by atoms with Crippen LogP contribution >= 0.6 is 0 Å². The third-order valence-corrected chi connectivity index (χ3v) is 3.61. The van der Waals surface area contributed by atoms with Crippen LogP contribution in [-0.2, 0) is 9.53 Å². The first kappa shape index (κ1) is 21.0. The Bertz CT molecular complexity index is 845. The molecule has 0 saturated carbocycles. The average molecular weight is 383 g/mol. The molecule has 0 aliphatic carbocycles. The first-order valence-corrected chi connectivity index (χ1v) is 8.93. The predicted octanol–water partition coefficient (Wildman–Crippen LogP) is 3.79. The molecule has 0 aliphatic rings. The number of benzene rings is 2. The molecule has 0 fully saturated rings. The molecule has 0 aliphatic heterocycles. The first-order chi connectivity index (χ1) is 13.3. The lowest BCUT2D eigenvalue weighted by atomic mass is 10.1. The Morgan fingerprint density at radius 1 is 1.11 bits per heavy atom. The van der Waals surface area contributed by atoms with Gasteiger partial charge in [-0.05, 0) is 69.2 Å². The summed E-state index contributed by atoms with van der Waals surface area (Å²) in [6.45, 7) is 7.34. The van der Waals surface area contributed by atoms with Crippen LogP contribution in [0.15, 0.2) is 47.6 Å². The Kier molecular flexibility index (Phi) is 7.56. The van der Waals surface area contributed by atoms with Gasteiger partial charge in [0.1, 0.15) is 5.75 Å². The van der Waals surface area contributed by atoms with Gasteiger partial charge in [0, 0.05) is 5.69 Å². The van der Waals surface area contributed by atoms with E-state index in [1.165, 1.54) is 6.21 Å². The van der Waals surface area contributed by atoms with Gasteiger partial charge < -0.3 is 14.8 Å². The number of carbonyl (C=O) groups excluding carboxylic acids is 2. The van der Waals surface area contributed by atoms with Gasteiger partial charge in [-0.1, -0.05) is 17.7 Å². The summed E-state index contributed by atoms with van der Waals surface area (Å²) in [5.41, 5.74) is 6.03. The smallest absolute Gasteiger partial charge is 0.344 e. The van der Waals surface area contributed by atoms with E-state index in [-0.39, 0.29) is 12.7 Å². The molecule has 2 aromatic rings. The molecule has 0 heterocycles. The monoisotopic (exact) mass is 383 g/mol. The van der Waals surface area contributed by atoms with E-state index in [0.717, 1.165) is 22.4 Å². The van der Waals surface area contributed by atoms with Crippen LogP contribution in [0.2, 0.25) is 0 Å². The molecule has 2 rings (SSSR count). The second kappa shape index (κ2) is 10.1. The zero-order chi connectivity index (χ0) is 20.5. The molecular formula is C21H25N3O4. The largest absolute Gasteiger partial charge is 0.482 e. The lowest BCUT2D eigenvalue weighted by Crippen LogP contribution is -2.24. The van der Waals surface area contributed by atoms with E-state index in [9.17, 15) is 9.59 Å². The first-order valence-electron chi connectivity index (χ1n) is 8.93. The van der Waals surface area contributed by atoms with Gasteiger partial charge in [0.2, 0.25) is 0 Å². The second-order valence-electron chi connectivity index (χ2n) is 6.54. The number of amides is 2. The fraction of sp³-hybridized carbons (Fsp3) is 0.286. The quantitative estimate of drug-likeness (QED) is 0.432. The van der Waals surface area contributed by atoms with Crippen molar-refractivity contribution in [2.24, 2.45) is 5.10 Å². The van der Waals surface area contributed by atoms with Gasteiger partial charge in [-0.3, -0.25) is 0 Å². The van der Waals surface area contributed by atoms with Crippen molar-refractivity contribution in [1.82, 2.24) is 5.43 Å². The molecule has 0 aromatic heterocycles. The van der Waals surface area contributed by atoms with Crippen molar-refractivity contribution < 1.29 is 19.1 Å². The number of anilines is 1. The van der Waals surface area contributed by atoms with E-state index in [0.29, 0.717) is 5.75 Å². The van der Waals surface area contributed by atoms with Crippen LogP contribution in [0, 0.1) is 13.8 Å². The van der Waals surface area contributed by atoms with Crippen LogP contribution in [0.1, 0.15) is 30.5 Å². The molecule has 7 heteroatoms. The van der Waals surface area contributed by atoms with E-state index in [1.54, 1.807) is 38.1 Å². The van der Waals surface area contributed by atoms with Crippen molar-refractivity contribution in [3.63, 3.8) is 0 Å². The third kappa shape index (κ3) is 7.11. The molecule has 148 valence electrons. The lowest BCUT2D eigenvalue weighted by Gasteiger charge is -2.09. The number of rotatable bonds is 7. The molecule has 2 amide bonds. The summed E-state index contributed by atoms with van der Waals surface area (Å²) in [6.07, 6.45) is 1.34. The molecule has 0 atom stereocenters. The van der Waals surface area contributed by atoms with Crippen molar-refractivity contribution in [3.8, 4) is 5.75 Å². The zero-order valence-corrected chi connectivity index (χ0v) is 16.5. The van der Waals surface area contributed by atoms with E-state index in [2.05, 4.69) is 15.8 Å². The molecule has 0 unspecified atom stereocenters. The number of hydrazone groups is 1. The summed E-state index contributed by atoms with van der Waals surface area (Å²) >= 11 is 0. The number of urea groups is 1. The maximum absolute atomic E-state index is 11.9. The van der Waals surface area contributed by atoms with Gasteiger partial charge in [0.15, 0.2) is 6.61 Å². The summed E-state index contributed by atoms with van der Waals surface area (Å²) in [5.74, 6) is 0.123. The Labute approximate surface area is 164 Å². The normalized spacial score (nSPS) is 10.8. The number of nitrogens with zero attached hydrogens (tertiary/aromatic N) is 1. The van der Waals surface area contributed by atoms with Crippen molar-refractivity contribution in [1.29, 1.82) is 0 Å². The highest BCUT2D eigenvalue weighted by atomic mass is 16.6. The summed E-state index contributed by atoms with van der Waals surface area (Å²) in [4.78, 5) is 23.4. The summed E-state index contributed by atoms with van der Waals surface area (Å²) in [7, 11) is 0. The lowest BCUT2D eigenvalue weighted by molar-refractivity contribution is -0.149. The number of ether oxygens (including phenoxy) is 2. The number of esters is 1. The number of hydrogen-bond acceptors (Lipinski definition) is 5. The molecule has 2 aromatic carbocycles. The summed E-state index contributed by atoms with van der Waals surface area (Å²) in [6, 6.07) is 12.3. The van der Waals surface area contributed by atoms with Crippen LogP contribution in [0.3, 0.4) is 0 Å². The minimum atomic E-state index is -0.424. The minimum absolute atomic E-state index is 0.147. The van der Waals surface area contributed by atoms with Gasteiger partial charge in [-0.2, -0.15) is 5.10 Å². The minimum Gasteiger partial charge on any atom is -0.482 e. The van der Waals surface area contributed by atoms with E-state index in [4.69, 9.17) is 9.47 Å². The van der Waals surface area contributed by atoms with Crippen molar-refractivity contribution in [2.75, 3.05) is 11.9 Å². The predicted molar refractivity (Wildman–Crippen MR) is 109 cm³/mol. The molecule has 2 N–H and O–H groups in total. The van der Waals surface area contributed by atoms with Crippen molar-refractivity contribution >= 4 is 23.9 Å².